The quantitative estimate of drug-likeness (QED) is 0.298. The number of rotatable bonds is 2. The minimum absolute atomic E-state index is 0.472. The molecule has 4 nitrogen and oxygen atoms in total. The molecule has 4 heteroatoms. The fraction of sp³-hybridized carbons (Fsp3) is 0.240. The Morgan fingerprint density at radius 2 is 1.90 bits per heavy atom. The monoisotopic (exact) mass is 380 g/mol. The zero-order chi connectivity index (χ0) is 20.3. The molecule has 0 saturated heterocycles. The Balaban J connectivity index is 1.85. The van der Waals surface area contributed by atoms with E-state index in [2.05, 4.69) is 59.8 Å². The maximum absolute atomic E-state index is 7.50. The van der Waals surface area contributed by atoms with E-state index in [4.69, 9.17) is 16.3 Å². The standard InChI is InChI=1S/C25H22N3O/c1-15-12-13-16-8-7-11-19-21(16)20(15)23-24(29-19)27-22-17(14-25(2,3)26-4)9-6-10-18(22)28(23)5/h6-13H,14H2,1-3,5H3/q+1. The summed E-state index contributed by atoms with van der Waals surface area (Å²) in [5.41, 5.74) is 5.93. The zero-order valence-corrected chi connectivity index (χ0v) is 17.1. The highest BCUT2D eigenvalue weighted by Gasteiger charge is 2.33. The first-order valence-corrected chi connectivity index (χ1v) is 9.80. The van der Waals surface area contributed by atoms with Crippen molar-refractivity contribution in [3.05, 3.63) is 71.1 Å². The number of benzene rings is 3. The molecular weight excluding hydrogens is 358 g/mol. The van der Waals surface area contributed by atoms with Crippen molar-refractivity contribution in [1.82, 2.24) is 4.98 Å². The van der Waals surface area contributed by atoms with Crippen LogP contribution in [0.5, 0.6) is 11.6 Å². The summed E-state index contributed by atoms with van der Waals surface area (Å²) in [6.07, 6.45) is 0.644. The Labute approximate surface area is 170 Å². The molecule has 0 radical (unpaired) electrons. The fourth-order valence-corrected chi connectivity index (χ4v) is 4.33. The average Bonchev–Trinajstić information content (AvgIpc) is 2.70. The van der Waals surface area contributed by atoms with Gasteiger partial charge < -0.3 is 9.58 Å². The average molecular weight is 380 g/mol. The van der Waals surface area contributed by atoms with E-state index in [0.717, 1.165) is 33.4 Å². The SMILES string of the molecule is [C-]#[N+]C(C)(C)Cc1cccc2c1nc1c([n+]2C)-c2c(C)ccc3cccc(c23)O1. The van der Waals surface area contributed by atoms with E-state index >= 15 is 0 Å². The normalized spacial score (nSPS) is 12.5. The third-order valence-corrected chi connectivity index (χ3v) is 5.80. The maximum atomic E-state index is 7.50. The number of para-hydroxylation sites is 1. The number of fused-ring (bicyclic) bond motifs is 3. The van der Waals surface area contributed by atoms with Gasteiger partial charge in [-0.15, -0.1) is 0 Å². The second-order valence-corrected chi connectivity index (χ2v) is 8.42. The van der Waals surface area contributed by atoms with Gasteiger partial charge in [0, 0.05) is 25.3 Å². The van der Waals surface area contributed by atoms with Crippen molar-refractivity contribution in [2.45, 2.75) is 32.7 Å². The Bertz CT molecular complexity index is 1360. The molecule has 0 fully saturated rings. The maximum Gasteiger partial charge on any atom is 0.294 e. The van der Waals surface area contributed by atoms with Gasteiger partial charge in [-0.05, 0) is 29.5 Å². The summed E-state index contributed by atoms with van der Waals surface area (Å²) < 4.78 is 8.50. The molecule has 1 aromatic heterocycles. The Hall–Kier alpha value is -3.45. The van der Waals surface area contributed by atoms with Crippen LogP contribution in [0.2, 0.25) is 0 Å². The number of aryl methyl sites for hydroxylation is 2. The lowest BCUT2D eigenvalue weighted by atomic mass is 9.93. The van der Waals surface area contributed by atoms with Gasteiger partial charge >= 0.3 is 0 Å². The van der Waals surface area contributed by atoms with E-state index in [1.807, 2.05) is 26.0 Å². The van der Waals surface area contributed by atoms with Gasteiger partial charge in [-0.2, -0.15) is 4.57 Å². The van der Waals surface area contributed by atoms with E-state index in [1.54, 1.807) is 0 Å². The molecule has 0 N–H and O–H groups in total. The van der Waals surface area contributed by atoms with Gasteiger partial charge in [-0.3, -0.25) is 0 Å². The van der Waals surface area contributed by atoms with Gasteiger partial charge in [-0.25, -0.2) is 11.6 Å². The van der Waals surface area contributed by atoms with E-state index < -0.39 is 5.54 Å². The molecule has 0 aliphatic carbocycles. The molecule has 0 unspecified atom stereocenters. The fourth-order valence-electron chi connectivity index (χ4n) is 4.33. The van der Waals surface area contributed by atoms with Gasteiger partial charge in [-0.1, -0.05) is 36.4 Å². The zero-order valence-electron chi connectivity index (χ0n) is 17.1. The molecule has 29 heavy (non-hydrogen) atoms. The van der Waals surface area contributed by atoms with Crippen LogP contribution in [0.15, 0.2) is 48.5 Å². The summed E-state index contributed by atoms with van der Waals surface area (Å²) >= 11 is 0. The number of ether oxygens (including phenoxy) is 1. The van der Waals surface area contributed by atoms with Crippen molar-refractivity contribution in [2.24, 2.45) is 7.05 Å². The number of hydrogen-bond acceptors (Lipinski definition) is 2. The Morgan fingerprint density at radius 1 is 1.10 bits per heavy atom. The minimum atomic E-state index is -0.472. The summed E-state index contributed by atoms with van der Waals surface area (Å²) in [5.74, 6) is 1.47. The van der Waals surface area contributed by atoms with Crippen LogP contribution in [0.25, 0.3) is 37.9 Å². The van der Waals surface area contributed by atoms with Gasteiger partial charge in [0.05, 0.1) is 12.0 Å². The van der Waals surface area contributed by atoms with Gasteiger partial charge in [0.2, 0.25) is 11.1 Å². The van der Waals surface area contributed by atoms with Crippen LogP contribution in [0, 0.1) is 13.5 Å². The highest BCUT2D eigenvalue weighted by Crippen LogP contribution is 2.46. The van der Waals surface area contributed by atoms with Gasteiger partial charge in [0.15, 0.2) is 0 Å². The minimum Gasteiger partial charge on any atom is -0.433 e. The van der Waals surface area contributed by atoms with Crippen molar-refractivity contribution in [1.29, 1.82) is 0 Å². The second kappa shape index (κ2) is 6.02. The predicted molar refractivity (Wildman–Crippen MR) is 115 cm³/mol. The molecule has 0 bridgehead atoms. The van der Waals surface area contributed by atoms with E-state index in [9.17, 15) is 0 Å². The molecule has 142 valence electrons. The molecule has 0 amide bonds. The molecule has 1 aliphatic heterocycles. The van der Waals surface area contributed by atoms with E-state index in [0.29, 0.717) is 12.3 Å². The van der Waals surface area contributed by atoms with Crippen LogP contribution >= 0.6 is 0 Å². The summed E-state index contributed by atoms with van der Waals surface area (Å²) in [6, 6.07) is 16.7. The van der Waals surface area contributed by atoms with Crippen molar-refractivity contribution >= 4 is 21.8 Å². The van der Waals surface area contributed by atoms with Crippen LogP contribution in [-0.2, 0) is 13.5 Å². The number of hydrogen-bond donors (Lipinski definition) is 0. The molecule has 5 rings (SSSR count). The van der Waals surface area contributed by atoms with Crippen LogP contribution < -0.4 is 9.30 Å². The summed E-state index contributed by atoms with van der Waals surface area (Å²) in [7, 11) is 2.07. The molecule has 0 spiro atoms. The van der Waals surface area contributed by atoms with Crippen LogP contribution in [0.3, 0.4) is 0 Å². The third-order valence-electron chi connectivity index (χ3n) is 5.80. The molecular formula is C25H22N3O+. The van der Waals surface area contributed by atoms with E-state index in [1.165, 1.54) is 16.5 Å². The summed E-state index contributed by atoms with van der Waals surface area (Å²) in [5, 5.41) is 2.31. The first-order valence-electron chi connectivity index (χ1n) is 9.80. The van der Waals surface area contributed by atoms with Gasteiger partial charge in [0.25, 0.3) is 11.6 Å². The summed E-state index contributed by atoms with van der Waals surface area (Å²) in [6.45, 7) is 13.6. The first-order chi connectivity index (χ1) is 13.9. The van der Waals surface area contributed by atoms with Crippen molar-refractivity contribution in [3.8, 4) is 22.9 Å². The van der Waals surface area contributed by atoms with Crippen molar-refractivity contribution in [2.75, 3.05) is 0 Å². The Kier molecular flexibility index (Phi) is 3.66. The Morgan fingerprint density at radius 3 is 2.69 bits per heavy atom. The topological polar surface area (TPSA) is 30.4 Å². The lowest BCUT2D eigenvalue weighted by Gasteiger charge is -2.21. The van der Waals surface area contributed by atoms with Crippen molar-refractivity contribution in [3.63, 3.8) is 0 Å². The van der Waals surface area contributed by atoms with Crippen LogP contribution in [0.1, 0.15) is 25.0 Å². The first kappa shape index (κ1) is 17.6. The van der Waals surface area contributed by atoms with Gasteiger partial charge in [0.1, 0.15) is 18.3 Å². The molecule has 0 saturated carbocycles. The molecule has 3 aromatic carbocycles. The highest BCUT2D eigenvalue weighted by molar-refractivity contribution is 6.04. The number of aromatic nitrogens is 2. The number of nitrogens with zero attached hydrogens (tertiary/aromatic N) is 3. The highest BCUT2D eigenvalue weighted by atomic mass is 16.5. The lowest BCUT2D eigenvalue weighted by molar-refractivity contribution is -0.634. The van der Waals surface area contributed by atoms with Crippen LogP contribution in [-0.4, -0.2) is 10.5 Å². The molecule has 2 heterocycles. The van der Waals surface area contributed by atoms with E-state index in [-0.39, 0.29) is 0 Å². The molecule has 1 aliphatic rings. The smallest absolute Gasteiger partial charge is 0.294 e. The molecule has 0 atom stereocenters. The second-order valence-electron chi connectivity index (χ2n) is 8.42. The molecule has 4 aromatic rings. The predicted octanol–water partition coefficient (Wildman–Crippen LogP) is 5.53. The third kappa shape index (κ3) is 2.58. The largest absolute Gasteiger partial charge is 0.433 e. The van der Waals surface area contributed by atoms with Crippen molar-refractivity contribution < 1.29 is 9.30 Å². The van der Waals surface area contributed by atoms with Crippen LogP contribution in [0.4, 0.5) is 0 Å². The lowest BCUT2D eigenvalue weighted by Crippen LogP contribution is -2.34. The summed E-state index contributed by atoms with van der Waals surface area (Å²) in [4.78, 5) is 8.76.